The zero-order valence-corrected chi connectivity index (χ0v) is 13.6. The number of nitrogens with one attached hydrogen (secondary N) is 2. The summed E-state index contributed by atoms with van der Waals surface area (Å²) in [6.07, 6.45) is 0.792. The van der Waals surface area contributed by atoms with Crippen LogP contribution in [0.25, 0.3) is 0 Å². The van der Waals surface area contributed by atoms with E-state index in [1.54, 1.807) is 48.5 Å². The van der Waals surface area contributed by atoms with E-state index in [0.717, 1.165) is 0 Å². The molecule has 2 rings (SSSR count). The van der Waals surface area contributed by atoms with E-state index < -0.39 is 0 Å². The summed E-state index contributed by atoms with van der Waals surface area (Å²) >= 11 is 5.77. The van der Waals surface area contributed by atoms with E-state index in [4.69, 9.17) is 16.9 Å². The van der Waals surface area contributed by atoms with E-state index in [-0.39, 0.29) is 18.2 Å². The predicted octanol–water partition coefficient (Wildman–Crippen LogP) is 3.36. The van der Waals surface area contributed by atoms with Crippen LogP contribution in [0.5, 0.6) is 0 Å². The summed E-state index contributed by atoms with van der Waals surface area (Å²) in [6, 6.07) is 15.3. The molecular weight excluding hydrogens is 326 g/mol. The number of nitriles is 1. The molecule has 122 valence electrons. The highest BCUT2D eigenvalue weighted by Crippen LogP contribution is 2.11. The van der Waals surface area contributed by atoms with Gasteiger partial charge in [0.15, 0.2) is 0 Å². The van der Waals surface area contributed by atoms with Crippen LogP contribution in [0.1, 0.15) is 28.8 Å². The van der Waals surface area contributed by atoms with Crippen molar-refractivity contribution >= 4 is 29.1 Å². The lowest BCUT2D eigenvalue weighted by Gasteiger charge is -2.07. The molecule has 0 saturated heterocycles. The molecule has 5 nitrogen and oxygen atoms in total. The molecule has 0 aliphatic carbocycles. The summed E-state index contributed by atoms with van der Waals surface area (Å²) in [5.74, 6) is -0.361. The number of amides is 2. The van der Waals surface area contributed by atoms with Gasteiger partial charge in [0.05, 0.1) is 11.6 Å². The average Bonchev–Trinajstić information content (AvgIpc) is 2.59. The maximum absolute atomic E-state index is 11.9. The molecule has 2 N–H and O–H groups in total. The molecule has 0 fully saturated rings. The first-order valence-corrected chi connectivity index (χ1v) is 7.80. The molecule has 0 heterocycles. The van der Waals surface area contributed by atoms with E-state index in [1.807, 2.05) is 6.07 Å². The number of hydrogen-bond donors (Lipinski definition) is 2. The Morgan fingerprint density at radius 3 is 2.58 bits per heavy atom. The van der Waals surface area contributed by atoms with Crippen molar-refractivity contribution in [1.29, 1.82) is 5.26 Å². The first-order valence-electron chi connectivity index (χ1n) is 7.42. The minimum Gasteiger partial charge on any atom is -0.352 e. The number of rotatable bonds is 6. The first-order chi connectivity index (χ1) is 11.6. The fourth-order valence-corrected chi connectivity index (χ4v) is 2.17. The highest BCUT2D eigenvalue weighted by Gasteiger charge is 2.06. The number of halogens is 1. The van der Waals surface area contributed by atoms with Crippen molar-refractivity contribution in [2.75, 3.05) is 11.9 Å². The van der Waals surface area contributed by atoms with Gasteiger partial charge in [-0.1, -0.05) is 17.7 Å². The standard InChI is InChI=1S/C18H16ClN3O2/c19-15-8-6-14(7-9-15)18(24)21-10-2-5-17(23)22-16-4-1-3-13(11-16)12-20/h1,3-4,6-9,11H,2,5,10H2,(H,21,24)(H,22,23). The number of nitrogens with zero attached hydrogens (tertiary/aromatic N) is 1. The lowest BCUT2D eigenvalue weighted by molar-refractivity contribution is -0.116. The molecule has 2 amide bonds. The van der Waals surface area contributed by atoms with Crippen molar-refractivity contribution in [3.8, 4) is 6.07 Å². The van der Waals surface area contributed by atoms with Crippen molar-refractivity contribution in [3.05, 3.63) is 64.7 Å². The number of carbonyl (C=O) groups is 2. The quantitative estimate of drug-likeness (QED) is 0.790. The zero-order valence-electron chi connectivity index (χ0n) is 12.9. The second-order valence-electron chi connectivity index (χ2n) is 5.11. The fraction of sp³-hybridized carbons (Fsp3) is 0.167. The molecule has 0 aliphatic heterocycles. The molecule has 0 aromatic heterocycles. The van der Waals surface area contributed by atoms with Gasteiger partial charge in [-0.3, -0.25) is 9.59 Å². The molecule has 0 radical (unpaired) electrons. The van der Waals surface area contributed by atoms with Crippen LogP contribution in [-0.2, 0) is 4.79 Å². The van der Waals surface area contributed by atoms with Crippen molar-refractivity contribution in [2.24, 2.45) is 0 Å². The van der Waals surface area contributed by atoms with Gasteiger partial charge in [-0.2, -0.15) is 5.26 Å². The topological polar surface area (TPSA) is 82.0 Å². The van der Waals surface area contributed by atoms with Crippen molar-refractivity contribution < 1.29 is 9.59 Å². The Bertz CT molecular complexity index is 767. The Hall–Kier alpha value is -2.84. The lowest BCUT2D eigenvalue weighted by atomic mass is 10.2. The third-order valence-electron chi connectivity index (χ3n) is 3.25. The molecule has 0 aliphatic rings. The monoisotopic (exact) mass is 341 g/mol. The molecule has 0 atom stereocenters. The van der Waals surface area contributed by atoms with E-state index in [9.17, 15) is 9.59 Å². The summed E-state index contributed by atoms with van der Waals surface area (Å²) in [5, 5.41) is 14.9. The molecule has 0 unspecified atom stereocenters. The van der Waals surface area contributed by atoms with Crippen LogP contribution in [0.15, 0.2) is 48.5 Å². The Balaban J connectivity index is 1.71. The summed E-state index contributed by atoms with van der Waals surface area (Å²) in [6.45, 7) is 0.396. The van der Waals surface area contributed by atoms with Crippen LogP contribution < -0.4 is 10.6 Å². The molecule has 2 aromatic carbocycles. The maximum atomic E-state index is 11.9. The van der Waals surface area contributed by atoms with Gasteiger partial charge < -0.3 is 10.6 Å². The van der Waals surface area contributed by atoms with E-state index in [1.165, 1.54) is 0 Å². The highest BCUT2D eigenvalue weighted by atomic mass is 35.5. The van der Waals surface area contributed by atoms with Gasteiger partial charge in [0, 0.05) is 29.2 Å². The zero-order chi connectivity index (χ0) is 17.4. The van der Waals surface area contributed by atoms with E-state index >= 15 is 0 Å². The maximum Gasteiger partial charge on any atom is 0.251 e. The molecule has 6 heteroatoms. The summed E-state index contributed by atoms with van der Waals surface area (Å²) in [5.41, 5.74) is 1.60. The molecule has 0 spiro atoms. The third kappa shape index (κ3) is 5.41. The Kier molecular flexibility index (Phi) is 6.35. The van der Waals surface area contributed by atoms with Crippen LogP contribution >= 0.6 is 11.6 Å². The molecular formula is C18H16ClN3O2. The third-order valence-corrected chi connectivity index (χ3v) is 3.50. The van der Waals surface area contributed by atoms with Crippen LogP contribution in [0, 0.1) is 11.3 Å². The summed E-state index contributed by atoms with van der Waals surface area (Å²) in [7, 11) is 0. The minimum absolute atomic E-state index is 0.161. The van der Waals surface area contributed by atoms with Crippen LogP contribution in [0.2, 0.25) is 5.02 Å². The van der Waals surface area contributed by atoms with Gasteiger partial charge in [-0.05, 0) is 48.9 Å². The number of carbonyl (C=O) groups excluding carboxylic acids is 2. The Morgan fingerprint density at radius 1 is 1.12 bits per heavy atom. The normalized spacial score (nSPS) is 9.83. The molecule has 0 saturated carbocycles. The van der Waals surface area contributed by atoms with Gasteiger partial charge >= 0.3 is 0 Å². The van der Waals surface area contributed by atoms with Crippen molar-refractivity contribution in [3.63, 3.8) is 0 Å². The lowest BCUT2D eigenvalue weighted by Crippen LogP contribution is -2.25. The van der Waals surface area contributed by atoms with Crippen LogP contribution in [-0.4, -0.2) is 18.4 Å². The van der Waals surface area contributed by atoms with Crippen LogP contribution in [0.4, 0.5) is 5.69 Å². The Labute approximate surface area is 145 Å². The van der Waals surface area contributed by atoms with Gasteiger partial charge in [0.1, 0.15) is 0 Å². The van der Waals surface area contributed by atoms with Gasteiger partial charge in [0.2, 0.25) is 5.91 Å². The van der Waals surface area contributed by atoms with Crippen LogP contribution in [0.3, 0.4) is 0 Å². The van der Waals surface area contributed by atoms with E-state index in [2.05, 4.69) is 10.6 Å². The largest absolute Gasteiger partial charge is 0.352 e. The van der Waals surface area contributed by atoms with Crippen molar-refractivity contribution in [1.82, 2.24) is 5.32 Å². The molecule has 24 heavy (non-hydrogen) atoms. The smallest absolute Gasteiger partial charge is 0.251 e. The number of hydrogen-bond acceptors (Lipinski definition) is 3. The minimum atomic E-state index is -0.200. The van der Waals surface area contributed by atoms with Gasteiger partial charge in [-0.25, -0.2) is 0 Å². The summed E-state index contributed by atoms with van der Waals surface area (Å²) in [4.78, 5) is 23.7. The second-order valence-corrected chi connectivity index (χ2v) is 5.54. The highest BCUT2D eigenvalue weighted by molar-refractivity contribution is 6.30. The predicted molar refractivity (Wildman–Crippen MR) is 92.8 cm³/mol. The number of anilines is 1. The fourth-order valence-electron chi connectivity index (χ4n) is 2.04. The van der Waals surface area contributed by atoms with Crippen molar-refractivity contribution in [2.45, 2.75) is 12.8 Å². The average molecular weight is 342 g/mol. The molecule has 0 bridgehead atoms. The first kappa shape index (κ1) is 17.5. The van der Waals surface area contributed by atoms with Gasteiger partial charge in [-0.15, -0.1) is 0 Å². The number of benzene rings is 2. The second kappa shape index (κ2) is 8.70. The molecule has 2 aromatic rings. The van der Waals surface area contributed by atoms with Gasteiger partial charge in [0.25, 0.3) is 5.91 Å². The Morgan fingerprint density at radius 2 is 1.88 bits per heavy atom. The van der Waals surface area contributed by atoms with E-state index in [0.29, 0.717) is 34.8 Å². The summed E-state index contributed by atoms with van der Waals surface area (Å²) < 4.78 is 0. The SMILES string of the molecule is N#Cc1cccc(NC(=O)CCCNC(=O)c2ccc(Cl)cc2)c1.